The topological polar surface area (TPSA) is 78.5 Å². The summed E-state index contributed by atoms with van der Waals surface area (Å²) in [6, 6.07) is 13.3. The van der Waals surface area contributed by atoms with Crippen molar-refractivity contribution in [2.75, 3.05) is 4.90 Å². The van der Waals surface area contributed by atoms with E-state index in [2.05, 4.69) is 10.6 Å². The highest BCUT2D eigenvalue weighted by Crippen LogP contribution is 2.36. The Kier molecular flexibility index (Phi) is 5.46. The number of fused-ring (bicyclic) bond motifs is 1. The number of amides is 3. The molecule has 0 saturated heterocycles. The first-order valence-corrected chi connectivity index (χ1v) is 9.01. The third-order valence-corrected chi connectivity index (χ3v) is 4.61. The standard InChI is InChI=1S/C20H20ClN3O3/c1-12(2)24-16-6-4-3-5-15(16)17(20(24)27)23-19(26)18(25)22-11-13-7-9-14(21)10-8-13/h3-10,12,17H,11H2,1-2H3,(H,22,25)(H,23,26)/t17-/m1/s1. The predicted molar refractivity (Wildman–Crippen MR) is 103 cm³/mol. The number of hydrogen-bond acceptors (Lipinski definition) is 3. The summed E-state index contributed by atoms with van der Waals surface area (Å²) in [5, 5.41) is 5.69. The molecule has 0 aromatic heterocycles. The van der Waals surface area contributed by atoms with Gasteiger partial charge in [0.2, 0.25) is 0 Å². The number of anilines is 1. The highest BCUT2D eigenvalue weighted by atomic mass is 35.5. The number of nitrogens with one attached hydrogen (secondary N) is 2. The van der Waals surface area contributed by atoms with Crippen LogP contribution >= 0.6 is 11.6 Å². The molecule has 0 saturated carbocycles. The quantitative estimate of drug-likeness (QED) is 0.794. The van der Waals surface area contributed by atoms with Gasteiger partial charge in [-0.25, -0.2) is 0 Å². The molecule has 0 radical (unpaired) electrons. The first-order valence-electron chi connectivity index (χ1n) is 8.63. The highest BCUT2D eigenvalue weighted by molar-refractivity contribution is 6.35. The largest absolute Gasteiger partial charge is 0.344 e. The van der Waals surface area contributed by atoms with Gasteiger partial charge >= 0.3 is 11.8 Å². The van der Waals surface area contributed by atoms with Crippen LogP contribution in [0.3, 0.4) is 0 Å². The molecule has 140 valence electrons. The molecule has 0 spiro atoms. The second-order valence-electron chi connectivity index (χ2n) is 6.58. The molecule has 0 fully saturated rings. The van der Waals surface area contributed by atoms with Crippen molar-refractivity contribution in [1.29, 1.82) is 0 Å². The molecule has 1 heterocycles. The lowest BCUT2D eigenvalue weighted by molar-refractivity contribution is -0.140. The Balaban J connectivity index is 1.67. The van der Waals surface area contributed by atoms with Crippen molar-refractivity contribution in [2.24, 2.45) is 0 Å². The van der Waals surface area contributed by atoms with Gasteiger partial charge in [0.05, 0.1) is 0 Å². The second-order valence-corrected chi connectivity index (χ2v) is 7.01. The summed E-state index contributed by atoms with van der Waals surface area (Å²) in [6.07, 6.45) is 0. The van der Waals surface area contributed by atoms with E-state index in [9.17, 15) is 14.4 Å². The lowest BCUT2D eigenvalue weighted by Gasteiger charge is -2.22. The third kappa shape index (κ3) is 3.95. The van der Waals surface area contributed by atoms with E-state index in [1.54, 1.807) is 41.3 Å². The Morgan fingerprint density at radius 1 is 1.07 bits per heavy atom. The number of halogens is 1. The van der Waals surface area contributed by atoms with Crippen LogP contribution in [-0.2, 0) is 20.9 Å². The van der Waals surface area contributed by atoms with Crippen molar-refractivity contribution in [3.05, 3.63) is 64.7 Å². The predicted octanol–water partition coefficient (Wildman–Crippen LogP) is 2.57. The minimum Gasteiger partial charge on any atom is -0.344 e. The number of benzene rings is 2. The van der Waals surface area contributed by atoms with Crippen LogP contribution in [0.1, 0.15) is 31.0 Å². The Hall–Kier alpha value is -2.86. The van der Waals surface area contributed by atoms with Gasteiger partial charge in [0.25, 0.3) is 5.91 Å². The van der Waals surface area contributed by atoms with E-state index in [1.807, 2.05) is 26.0 Å². The van der Waals surface area contributed by atoms with Gasteiger partial charge in [-0.2, -0.15) is 0 Å². The van der Waals surface area contributed by atoms with E-state index >= 15 is 0 Å². The van der Waals surface area contributed by atoms with E-state index in [-0.39, 0.29) is 18.5 Å². The molecule has 2 N–H and O–H groups in total. The number of nitrogens with zero attached hydrogens (tertiary/aromatic N) is 1. The smallest absolute Gasteiger partial charge is 0.310 e. The lowest BCUT2D eigenvalue weighted by Crippen LogP contribution is -2.45. The third-order valence-electron chi connectivity index (χ3n) is 4.36. The summed E-state index contributed by atoms with van der Waals surface area (Å²) in [5.41, 5.74) is 2.26. The van der Waals surface area contributed by atoms with E-state index in [4.69, 9.17) is 11.6 Å². The molecule has 1 aliphatic heterocycles. The van der Waals surface area contributed by atoms with E-state index in [0.717, 1.165) is 11.3 Å². The zero-order chi connectivity index (χ0) is 19.6. The fraction of sp³-hybridized carbons (Fsp3) is 0.250. The molecular formula is C20H20ClN3O3. The van der Waals surface area contributed by atoms with Crippen LogP contribution in [0.15, 0.2) is 48.5 Å². The molecule has 0 unspecified atom stereocenters. The first kappa shape index (κ1) is 18.9. The van der Waals surface area contributed by atoms with Crippen LogP contribution < -0.4 is 15.5 Å². The van der Waals surface area contributed by atoms with Gasteiger partial charge in [0, 0.05) is 28.9 Å². The zero-order valence-electron chi connectivity index (χ0n) is 15.0. The molecule has 2 aromatic carbocycles. The number of carbonyl (C=O) groups excluding carboxylic acids is 3. The van der Waals surface area contributed by atoms with Gasteiger partial charge < -0.3 is 15.5 Å². The molecule has 3 amide bonds. The highest BCUT2D eigenvalue weighted by Gasteiger charge is 2.39. The van der Waals surface area contributed by atoms with Gasteiger partial charge in [-0.05, 0) is 37.6 Å². The van der Waals surface area contributed by atoms with Crippen LogP contribution in [0.5, 0.6) is 0 Å². The summed E-state index contributed by atoms with van der Waals surface area (Å²) in [4.78, 5) is 38.8. The Bertz CT molecular complexity index is 880. The molecule has 27 heavy (non-hydrogen) atoms. The number of para-hydroxylation sites is 1. The van der Waals surface area contributed by atoms with Crippen LogP contribution in [-0.4, -0.2) is 23.8 Å². The number of carbonyl (C=O) groups is 3. The van der Waals surface area contributed by atoms with Gasteiger partial charge in [0.1, 0.15) is 6.04 Å². The maximum Gasteiger partial charge on any atom is 0.310 e. The fourth-order valence-electron chi connectivity index (χ4n) is 3.08. The van der Waals surface area contributed by atoms with Crippen molar-refractivity contribution in [1.82, 2.24) is 10.6 Å². The molecule has 0 aliphatic carbocycles. The molecule has 0 bridgehead atoms. The minimum absolute atomic E-state index is 0.0562. The van der Waals surface area contributed by atoms with Crippen LogP contribution in [0, 0.1) is 0 Å². The first-order chi connectivity index (χ1) is 12.9. The van der Waals surface area contributed by atoms with Crippen molar-refractivity contribution < 1.29 is 14.4 Å². The maximum atomic E-state index is 12.7. The van der Waals surface area contributed by atoms with Crippen molar-refractivity contribution in [3.8, 4) is 0 Å². The second kappa shape index (κ2) is 7.80. The van der Waals surface area contributed by atoms with Gasteiger partial charge in [-0.3, -0.25) is 14.4 Å². The SMILES string of the molecule is CC(C)N1C(=O)[C@H](NC(=O)C(=O)NCc2ccc(Cl)cc2)c2ccccc21. The lowest BCUT2D eigenvalue weighted by atomic mass is 10.1. The Morgan fingerprint density at radius 3 is 2.41 bits per heavy atom. The molecular weight excluding hydrogens is 366 g/mol. The molecule has 3 rings (SSSR count). The summed E-state index contributed by atoms with van der Waals surface area (Å²) in [6.45, 7) is 3.99. The van der Waals surface area contributed by atoms with Gasteiger partial charge in [-0.15, -0.1) is 0 Å². The normalized spacial score (nSPS) is 15.6. The van der Waals surface area contributed by atoms with Crippen molar-refractivity contribution >= 4 is 35.0 Å². The fourth-order valence-corrected chi connectivity index (χ4v) is 3.20. The average molecular weight is 386 g/mol. The Morgan fingerprint density at radius 2 is 1.74 bits per heavy atom. The van der Waals surface area contributed by atoms with Crippen LogP contribution in [0.25, 0.3) is 0 Å². The van der Waals surface area contributed by atoms with Crippen LogP contribution in [0.4, 0.5) is 5.69 Å². The molecule has 1 atom stereocenters. The van der Waals surface area contributed by atoms with Crippen LogP contribution in [0.2, 0.25) is 5.02 Å². The Labute approximate surface area is 162 Å². The summed E-state index contributed by atoms with van der Waals surface area (Å²) >= 11 is 5.82. The monoisotopic (exact) mass is 385 g/mol. The number of hydrogen-bond donors (Lipinski definition) is 2. The molecule has 6 nitrogen and oxygen atoms in total. The summed E-state index contributed by atoms with van der Waals surface area (Å²) < 4.78 is 0. The van der Waals surface area contributed by atoms with Gasteiger partial charge in [0.15, 0.2) is 0 Å². The molecule has 1 aliphatic rings. The maximum absolute atomic E-state index is 12.7. The number of rotatable bonds is 4. The average Bonchev–Trinajstić information content (AvgIpc) is 2.93. The van der Waals surface area contributed by atoms with E-state index < -0.39 is 17.9 Å². The van der Waals surface area contributed by atoms with Gasteiger partial charge in [-0.1, -0.05) is 41.9 Å². The van der Waals surface area contributed by atoms with E-state index in [0.29, 0.717) is 10.6 Å². The minimum atomic E-state index is -0.864. The van der Waals surface area contributed by atoms with E-state index in [1.165, 1.54) is 0 Å². The molecule has 7 heteroatoms. The zero-order valence-corrected chi connectivity index (χ0v) is 15.8. The van der Waals surface area contributed by atoms with Crippen molar-refractivity contribution in [2.45, 2.75) is 32.5 Å². The summed E-state index contributed by atoms with van der Waals surface area (Å²) in [5.74, 6) is -1.88. The summed E-state index contributed by atoms with van der Waals surface area (Å²) in [7, 11) is 0. The van der Waals surface area contributed by atoms with Crippen molar-refractivity contribution in [3.63, 3.8) is 0 Å². The molecule has 2 aromatic rings.